The van der Waals surface area contributed by atoms with Crippen LogP contribution in [0.2, 0.25) is 0 Å². The third-order valence-electron chi connectivity index (χ3n) is 3.15. The van der Waals surface area contributed by atoms with Crippen molar-refractivity contribution in [1.29, 1.82) is 0 Å². The van der Waals surface area contributed by atoms with E-state index in [9.17, 15) is 13.9 Å². The molecular weight excluding hydrogens is 224 g/mol. The molecule has 0 radical (unpaired) electrons. The summed E-state index contributed by atoms with van der Waals surface area (Å²) in [5.74, 6) is -0.817. The highest BCUT2D eigenvalue weighted by Gasteiger charge is 2.40. The Kier molecular flexibility index (Phi) is 3.45. The standard InChI is InChI=1S/C13H17F2NO/c1-2-5-13(17)8-16(9-13)7-10-6-11(14)3-4-12(10)15/h3-4,6,17H,2,5,7-9H2,1H3. The molecule has 2 rings (SSSR count). The summed E-state index contributed by atoms with van der Waals surface area (Å²) in [6.07, 6.45) is 1.69. The Balaban J connectivity index is 1.93. The minimum atomic E-state index is -0.626. The van der Waals surface area contributed by atoms with Crippen molar-refractivity contribution in [1.82, 2.24) is 4.90 Å². The first-order valence-corrected chi connectivity index (χ1v) is 5.91. The van der Waals surface area contributed by atoms with Crippen molar-refractivity contribution in [2.45, 2.75) is 31.9 Å². The minimum Gasteiger partial charge on any atom is -0.387 e. The molecule has 1 aromatic carbocycles. The van der Waals surface area contributed by atoms with E-state index in [1.54, 1.807) is 0 Å². The predicted octanol–water partition coefficient (Wildman–Crippen LogP) is 2.31. The fourth-order valence-electron chi connectivity index (χ4n) is 2.43. The second kappa shape index (κ2) is 4.70. The SMILES string of the molecule is CCCC1(O)CN(Cc2cc(F)ccc2F)C1. The van der Waals surface area contributed by atoms with Gasteiger partial charge >= 0.3 is 0 Å². The monoisotopic (exact) mass is 241 g/mol. The van der Waals surface area contributed by atoms with Crippen LogP contribution in [-0.2, 0) is 6.54 Å². The number of β-amino-alcohol motifs (C(OH)–C–C–N with tert-alkyl or cyclic N) is 1. The van der Waals surface area contributed by atoms with Crippen LogP contribution in [0.1, 0.15) is 25.3 Å². The molecule has 0 amide bonds. The number of aliphatic hydroxyl groups is 1. The zero-order valence-electron chi connectivity index (χ0n) is 9.92. The van der Waals surface area contributed by atoms with E-state index >= 15 is 0 Å². The Bertz CT molecular complexity index is 402. The number of hydrogen-bond acceptors (Lipinski definition) is 2. The molecule has 17 heavy (non-hydrogen) atoms. The smallest absolute Gasteiger partial charge is 0.127 e. The molecular formula is C13H17F2NO. The molecule has 0 saturated carbocycles. The van der Waals surface area contributed by atoms with E-state index in [-0.39, 0.29) is 0 Å². The van der Waals surface area contributed by atoms with Crippen LogP contribution in [0, 0.1) is 11.6 Å². The quantitative estimate of drug-likeness (QED) is 0.874. The van der Waals surface area contributed by atoms with Gasteiger partial charge in [0.25, 0.3) is 0 Å². The van der Waals surface area contributed by atoms with Crippen molar-refractivity contribution in [3.63, 3.8) is 0 Å². The molecule has 0 unspecified atom stereocenters. The van der Waals surface area contributed by atoms with E-state index in [1.165, 1.54) is 6.07 Å². The molecule has 0 bridgehead atoms. The number of nitrogens with zero attached hydrogens (tertiary/aromatic N) is 1. The van der Waals surface area contributed by atoms with E-state index in [0.29, 0.717) is 25.2 Å². The summed E-state index contributed by atoms with van der Waals surface area (Å²) >= 11 is 0. The Labute approximate surface area is 99.9 Å². The number of rotatable bonds is 4. The number of benzene rings is 1. The van der Waals surface area contributed by atoms with Gasteiger partial charge in [0.05, 0.1) is 5.60 Å². The normalized spacial score (nSPS) is 19.1. The van der Waals surface area contributed by atoms with Crippen LogP contribution in [0.5, 0.6) is 0 Å². The predicted molar refractivity (Wildman–Crippen MR) is 61.5 cm³/mol. The van der Waals surface area contributed by atoms with Crippen LogP contribution in [0.25, 0.3) is 0 Å². The fraction of sp³-hybridized carbons (Fsp3) is 0.538. The molecule has 1 heterocycles. The van der Waals surface area contributed by atoms with Gasteiger partial charge in [-0.25, -0.2) is 8.78 Å². The largest absolute Gasteiger partial charge is 0.387 e. The molecule has 94 valence electrons. The molecule has 0 aliphatic carbocycles. The Morgan fingerprint density at radius 2 is 2.06 bits per heavy atom. The van der Waals surface area contributed by atoms with Crippen molar-refractivity contribution in [3.05, 3.63) is 35.4 Å². The summed E-state index contributed by atoms with van der Waals surface area (Å²) in [6.45, 7) is 3.45. The van der Waals surface area contributed by atoms with Gasteiger partial charge in [-0.05, 0) is 24.6 Å². The lowest BCUT2D eigenvalue weighted by Gasteiger charge is -2.46. The van der Waals surface area contributed by atoms with Gasteiger partial charge in [-0.15, -0.1) is 0 Å². The first-order chi connectivity index (χ1) is 8.02. The molecule has 1 fully saturated rings. The molecule has 0 aromatic heterocycles. The first kappa shape index (κ1) is 12.5. The van der Waals surface area contributed by atoms with Crippen molar-refractivity contribution in [3.8, 4) is 0 Å². The van der Waals surface area contributed by atoms with Gasteiger partial charge in [0.15, 0.2) is 0 Å². The fourth-order valence-corrected chi connectivity index (χ4v) is 2.43. The lowest BCUT2D eigenvalue weighted by molar-refractivity contribution is -0.107. The molecule has 1 aromatic rings. The van der Waals surface area contributed by atoms with Crippen molar-refractivity contribution < 1.29 is 13.9 Å². The summed E-state index contributed by atoms with van der Waals surface area (Å²) in [5, 5.41) is 9.97. The second-order valence-corrected chi connectivity index (χ2v) is 4.86. The molecule has 1 saturated heterocycles. The highest BCUT2D eigenvalue weighted by Crippen LogP contribution is 2.27. The Morgan fingerprint density at radius 1 is 1.35 bits per heavy atom. The van der Waals surface area contributed by atoms with Crippen molar-refractivity contribution >= 4 is 0 Å². The summed E-state index contributed by atoms with van der Waals surface area (Å²) < 4.78 is 26.3. The van der Waals surface area contributed by atoms with Gasteiger partial charge in [-0.3, -0.25) is 4.90 Å². The molecule has 2 nitrogen and oxygen atoms in total. The second-order valence-electron chi connectivity index (χ2n) is 4.86. The molecule has 1 aliphatic heterocycles. The molecule has 4 heteroatoms. The van der Waals surface area contributed by atoms with Crippen molar-refractivity contribution in [2.24, 2.45) is 0 Å². The van der Waals surface area contributed by atoms with E-state index in [2.05, 4.69) is 0 Å². The number of likely N-dealkylation sites (tertiary alicyclic amines) is 1. The van der Waals surface area contributed by atoms with Gasteiger partial charge in [0.2, 0.25) is 0 Å². The van der Waals surface area contributed by atoms with Crippen LogP contribution < -0.4 is 0 Å². The Hall–Kier alpha value is -1.00. The van der Waals surface area contributed by atoms with Crippen LogP contribution in [-0.4, -0.2) is 28.7 Å². The lowest BCUT2D eigenvalue weighted by atomic mass is 9.89. The van der Waals surface area contributed by atoms with Crippen LogP contribution >= 0.6 is 0 Å². The van der Waals surface area contributed by atoms with E-state index < -0.39 is 17.2 Å². The zero-order valence-corrected chi connectivity index (χ0v) is 9.92. The maximum atomic E-state index is 13.4. The van der Waals surface area contributed by atoms with Crippen LogP contribution in [0.3, 0.4) is 0 Å². The van der Waals surface area contributed by atoms with Crippen LogP contribution in [0.4, 0.5) is 8.78 Å². The number of halogens is 2. The molecule has 0 spiro atoms. The average molecular weight is 241 g/mol. The summed E-state index contributed by atoms with van der Waals surface area (Å²) in [7, 11) is 0. The summed E-state index contributed by atoms with van der Waals surface area (Å²) in [6, 6.07) is 3.47. The molecule has 0 atom stereocenters. The lowest BCUT2D eigenvalue weighted by Crippen LogP contribution is -2.61. The van der Waals surface area contributed by atoms with E-state index in [4.69, 9.17) is 0 Å². The van der Waals surface area contributed by atoms with Gasteiger partial charge in [0, 0.05) is 25.2 Å². The molecule has 1 aliphatic rings. The highest BCUT2D eigenvalue weighted by atomic mass is 19.1. The minimum absolute atomic E-state index is 0.351. The average Bonchev–Trinajstić information content (AvgIpc) is 2.21. The summed E-state index contributed by atoms with van der Waals surface area (Å²) in [5.41, 5.74) is -0.276. The third kappa shape index (κ3) is 2.82. The topological polar surface area (TPSA) is 23.5 Å². The van der Waals surface area contributed by atoms with Gasteiger partial charge in [0.1, 0.15) is 11.6 Å². The maximum absolute atomic E-state index is 13.4. The first-order valence-electron chi connectivity index (χ1n) is 5.91. The molecule has 1 N–H and O–H groups in total. The van der Waals surface area contributed by atoms with E-state index in [1.807, 2.05) is 11.8 Å². The maximum Gasteiger partial charge on any atom is 0.127 e. The number of hydrogen-bond donors (Lipinski definition) is 1. The third-order valence-corrected chi connectivity index (χ3v) is 3.15. The Morgan fingerprint density at radius 3 is 2.71 bits per heavy atom. The zero-order chi connectivity index (χ0) is 12.5. The van der Waals surface area contributed by atoms with Gasteiger partial charge in [-0.1, -0.05) is 13.3 Å². The van der Waals surface area contributed by atoms with Crippen molar-refractivity contribution in [2.75, 3.05) is 13.1 Å². The summed E-state index contributed by atoms with van der Waals surface area (Å²) in [4.78, 5) is 1.92. The van der Waals surface area contributed by atoms with Gasteiger partial charge < -0.3 is 5.11 Å². The van der Waals surface area contributed by atoms with E-state index in [0.717, 1.165) is 25.0 Å². The van der Waals surface area contributed by atoms with Crippen LogP contribution in [0.15, 0.2) is 18.2 Å². The van der Waals surface area contributed by atoms with Gasteiger partial charge in [-0.2, -0.15) is 0 Å². The highest BCUT2D eigenvalue weighted by molar-refractivity contribution is 5.19.